The van der Waals surface area contributed by atoms with E-state index in [1.807, 2.05) is 6.92 Å². The van der Waals surface area contributed by atoms with Gasteiger partial charge in [0.2, 0.25) is 5.91 Å². The van der Waals surface area contributed by atoms with E-state index >= 15 is 0 Å². The van der Waals surface area contributed by atoms with Gasteiger partial charge in [-0.2, -0.15) is 0 Å². The highest BCUT2D eigenvalue weighted by atomic mass is 16.5. The molecular weight excluding hydrogens is 222 g/mol. The number of amides is 1. The molecule has 3 N–H and O–H groups in total. The Bertz CT molecular complexity index is 428. The van der Waals surface area contributed by atoms with Crippen LogP contribution in [-0.4, -0.2) is 30.2 Å². The highest BCUT2D eigenvalue weighted by Crippen LogP contribution is 1.95. The molecule has 0 bridgehead atoms. The Morgan fingerprint density at radius 2 is 2.29 bits per heavy atom. The van der Waals surface area contributed by atoms with Crippen molar-refractivity contribution < 1.29 is 9.53 Å². The molecule has 6 nitrogen and oxygen atoms in total. The average Bonchev–Trinajstić information content (AvgIpc) is 2.29. The number of carbonyl (C=O) groups excluding carboxylic acids is 1. The number of nitrogens with two attached hydrogens (primary N) is 1. The molecule has 0 aliphatic carbocycles. The van der Waals surface area contributed by atoms with Gasteiger partial charge in [-0.3, -0.25) is 9.59 Å². The lowest BCUT2D eigenvalue weighted by Crippen LogP contribution is -2.33. The van der Waals surface area contributed by atoms with Crippen molar-refractivity contribution in [3.05, 3.63) is 28.7 Å². The van der Waals surface area contributed by atoms with Gasteiger partial charge >= 0.3 is 0 Å². The number of nitrogens with one attached hydrogen (secondary N) is 1. The van der Waals surface area contributed by atoms with Crippen LogP contribution in [0.15, 0.2) is 23.1 Å². The summed E-state index contributed by atoms with van der Waals surface area (Å²) in [5.74, 6) is -0.239. The van der Waals surface area contributed by atoms with Crippen molar-refractivity contribution in [1.82, 2.24) is 9.88 Å². The number of nitrogen functional groups attached to an aromatic ring is 1. The van der Waals surface area contributed by atoms with Crippen LogP contribution in [0.4, 0.5) is 5.69 Å². The van der Waals surface area contributed by atoms with E-state index in [1.165, 1.54) is 22.9 Å². The first kappa shape index (κ1) is 13.2. The Balaban J connectivity index is 2.45. The van der Waals surface area contributed by atoms with Crippen molar-refractivity contribution in [1.29, 1.82) is 0 Å². The van der Waals surface area contributed by atoms with Crippen molar-refractivity contribution in [3.8, 4) is 0 Å². The molecule has 0 saturated carbocycles. The van der Waals surface area contributed by atoms with E-state index in [2.05, 4.69) is 5.32 Å². The van der Waals surface area contributed by atoms with Crippen LogP contribution in [0.2, 0.25) is 0 Å². The van der Waals surface area contributed by atoms with Crippen LogP contribution in [0, 0.1) is 0 Å². The minimum Gasteiger partial charge on any atom is -0.398 e. The minimum atomic E-state index is -0.251. The third-order valence-electron chi connectivity index (χ3n) is 2.09. The first-order valence-corrected chi connectivity index (χ1v) is 5.44. The van der Waals surface area contributed by atoms with Crippen molar-refractivity contribution in [2.45, 2.75) is 13.5 Å². The SMILES string of the molecule is CCOCCNC(=O)Cn1cc(N)ccc1=O. The predicted octanol–water partition coefficient (Wildman–Crippen LogP) is -0.417. The van der Waals surface area contributed by atoms with Gasteiger partial charge in [0.25, 0.3) is 5.56 Å². The van der Waals surface area contributed by atoms with Gasteiger partial charge in [0.1, 0.15) is 6.54 Å². The summed E-state index contributed by atoms with van der Waals surface area (Å²) in [6.07, 6.45) is 1.45. The highest BCUT2D eigenvalue weighted by molar-refractivity contribution is 5.75. The molecule has 1 heterocycles. The summed E-state index contributed by atoms with van der Waals surface area (Å²) in [5, 5.41) is 2.65. The minimum absolute atomic E-state index is 0.0317. The Morgan fingerprint density at radius 1 is 1.53 bits per heavy atom. The quantitative estimate of drug-likeness (QED) is 0.660. The molecule has 1 aromatic rings. The van der Waals surface area contributed by atoms with Gasteiger partial charge < -0.3 is 20.4 Å². The first-order chi connectivity index (χ1) is 8.13. The monoisotopic (exact) mass is 239 g/mol. The van der Waals surface area contributed by atoms with Crippen LogP contribution in [-0.2, 0) is 16.1 Å². The van der Waals surface area contributed by atoms with Crippen molar-refractivity contribution in [3.63, 3.8) is 0 Å². The summed E-state index contributed by atoms with van der Waals surface area (Å²) in [6, 6.07) is 2.84. The van der Waals surface area contributed by atoms with Crippen LogP contribution in [0.3, 0.4) is 0 Å². The Labute approximate surface area is 99.4 Å². The lowest BCUT2D eigenvalue weighted by Gasteiger charge is -2.07. The van der Waals surface area contributed by atoms with Gasteiger partial charge in [-0.05, 0) is 13.0 Å². The topological polar surface area (TPSA) is 86.3 Å². The molecule has 0 fully saturated rings. The van der Waals surface area contributed by atoms with Crippen LogP contribution in [0.25, 0.3) is 0 Å². The molecule has 0 radical (unpaired) electrons. The molecule has 1 aromatic heterocycles. The number of hydrogen-bond donors (Lipinski definition) is 2. The van der Waals surface area contributed by atoms with Crippen LogP contribution >= 0.6 is 0 Å². The molecule has 94 valence electrons. The summed E-state index contributed by atoms with van der Waals surface area (Å²) in [6.45, 7) is 3.37. The van der Waals surface area contributed by atoms with E-state index in [0.29, 0.717) is 25.4 Å². The fourth-order valence-electron chi connectivity index (χ4n) is 1.29. The molecule has 0 saturated heterocycles. The largest absolute Gasteiger partial charge is 0.398 e. The number of aromatic nitrogens is 1. The van der Waals surface area contributed by atoms with Crippen LogP contribution < -0.4 is 16.6 Å². The maximum atomic E-state index is 11.5. The molecule has 0 aliphatic heterocycles. The molecular formula is C11H17N3O3. The fourth-order valence-corrected chi connectivity index (χ4v) is 1.29. The second-order valence-corrected chi connectivity index (χ2v) is 3.48. The maximum Gasteiger partial charge on any atom is 0.251 e. The number of nitrogens with zero attached hydrogens (tertiary/aromatic N) is 1. The van der Waals surface area contributed by atoms with E-state index in [0.717, 1.165) is 0 Å². The lowest BCUT2D eigenvalue weighted by atomic mass is 10.4. The number of ether oxygens (including phenoxy) is 1. The van der Waals surface area contributed by atoms with Gasteiger partial charge in [-0.1, -0.05) is 0 Å². The zero-order valence-electron chi connectivity index (χ0n) is 9.81. The third kappa shape index (κ3) is 4.69. The average molecular weight is 239 g/mol. The van der Waals surface area contributed by atoms with Crippen molar-refractivity contribution >= 4 is 11.6 Å². The number of pyridine rings is 1. The molecule has 1 amide bonds. The van der Waals surface area contributed by atoms with E-state index in [-0.39, 0.29) is 18.0 Å². The van der Waals surface area contributed by atoms with E-state index in [9.17, 15) is 9.59 Å². The van der Waals surface area contributed by atoms with E-state index in [4.69, 9.17) is 10.5 Å². The molecule has 1 rings (SSSR count). The summed E-state index contributed by atoms with van der Waals surface area (Å²) < 4.78 is 6.34. The molecule has 0 spiro atoms. The molecule has 17 heavy (non-hydrogen) atoms. The summed E-state index contributed by atoms with van der Waals surface area (Å²) >= 11 is 0. The van der Waals surface area contributed by atoms with Crippen molar-refractivity contribution in [2.24, 2.45) is 0 Å². The number of hydrogen-bond acceptors (Lipinski definition) is 4. The van der Waals surface area contributed by atoms with Gasteiger partial charge in [-0.25, -0.2) is 0 Å². The normalized spacial score (nSPS) is 10.2. The Hall–Kier alpha value is -1.82. The molecule has 0 aromatic carbocycles. The fraction of sp³-hybridized carbons (Fsp3) is 0.455. The molecule has 0 atom stereocenters. The second kappa shape index (κ2) is 6.70. The zero-order chi connectivity index (χ0) is 12.7. The van der Waals surface area contributed by atoms with Crippen LogP contribution in [0.5, 0.6) is 0 Å². The third-order valence-corrected chi connectivity index (χ3v) is 2.09. The summed E-state index contributed by atoms with van der Waals surface area (Å²) in [7, 11) is 0. The molecule has 6 heteroatoms. The number of carbonyl (C=O) groups is 1. The Kier molecular flexibility index (Phi) is 5.22. The second-order valence-electron chi connectivity index (χ2n) is 3.48. The predicted molar refractivity (Wildman–Crippen MR) is 64.6 cm³/mol. The molecule has 0 unspecified atom stereocenters. The Morgan fingerprint density at radius 3 is 3.00 bits per heavy atom. The number of anilines is 1. The maximum absolute atomic E-state index is 11.5. The van der Waals surface area contributed by atoms with Crippen LogP contribution in [0.1, 0.15) is 6.92 Å². The van der Waals surface area contributed by atoms with Gasteiger partial charge in [-0.15, -0.1) is 0 Å². The van der Waals surface area contributed by atoms with E-state index in [1.54, 1.807) is 0 Å². The standard InChI is InChI=1S/C11H17N3O3/c1-2-17-6-5-13-10(15)8-14-7-9(12)3-4-11(14)16/h3-4,7H,2,5-6,8,12H2,1H3,(H,13,15). The van der Waals surface area contributed by atoms with Crippen molar-refractivity contribution in [2.75, 3.05) is 25.5 Å². The number of rotatable bonds is 6. The zero-order valence-corrected chi connectivity index (χ0v) is 9.81. The summed E-state index contributed by atoms with van der Waals surface area (Å²) in [4.78, 5) is 22.9. The van der Waals surface area contributed by atoms with Gasteiger partial charge in [0.05, 0.1) is 6.61 Å². The molecule has 0 aliphatic rings. The van der Waals surface area contributed by atoms with Gasteiger partial charge in [0.15, 0.2) is 0 Å². The first-order valence-electron chi connectivity index (χ1n) is 5.44. The lowest BCUT2D eigenvalue weighted by molar-refractivity contribution is -0.121. The van der Waals surface area contributed by atoms with Gasteiger partial charge in [0, 0.05) is 31.1 Å². The highest BCUT2D eigenvalue weighted by Gasteiger charge is 2.03. The van der Waals surface area contributed by atoms with E-state index < -0.39 is 0 Å². The summed E-state index contributed by atoms with van der Waals surface area (Å²) in [5.41, 5.74) is 5.73. The smallest absolute Gasteiger partial charge is 0.251 e.